The Bertz CT molecular complexity index is 540. The molecule has 18 heavy (non-hydrogen) atoms. The first-order valence-electron chi connectivity index (χ1n) is 5.40. The summed E-state index contributed by atoms with van der Waals surface area (Å²) in [5.74, 6) is 0.00458. The molecule has 0 aliphatic rings. The van der Waals surface area contributed by atoms with Gasteiger partial charge in [-0.1, -0.05) is 0 Å². The number of halogens is 2. The maximum Gasteiger partial charge on any atom is 0.128 e. The average Bonchev–Trinajstić information content (AvgIpc) is 2.72. The van der Waals surface area contributed by atoms with Crippen LogP contribution in [0.4, 0.5) is 4.39 Å². The second-order valence-corrected chi connectivity index (χ2v) is 5.69. The molecule has 0 saturated carbocycles. The fraction of sp³-hybridized carbons (Fsp3) is 0.231. The highest BCUT2D eigenvalue weighted by molar-refractivity contribution is 9.10. The predicted octanol–water partition coefficient (Wildman–Crippen LogP) is 4.28. The summed E-state index contributed by atoms with van der Waals surface area (Å²) in [4.78, 5) is 1.02. The van der Waals surface area contributed by atoms with Crippen molar-refractivity contribution in [1.29, 1.82) is 0 Å². The summed E-state index contributed by atoms with van der Waals surface area (Å²) in [5.41, 5.74) is 0.587. The third-order valence-electron chi connectivity index (χ3n) is 2.48. The van der Waals surface area contributed by atoms with Crippen molar-refractivity contribution in [3.05, 3.63) is 50.4 Å². The van der Waals surface area contributed by atoms with Crippen LogP contribution >= 0.6 is 27.3 Å². The van der Waals surface area contributed by atoms with Crippen LogP contribution in [-0.2, 0) is 6.61 Å². The normalized spacial score (nSPS) is 12.4. The zero-order valence-corrected chi connectivity index (χ0v) is 12.1. The summed E-state index contributed by atoms with van der Waals surface area (Å²) < 4.78 is 19.7. The third kappa shape index (κ3) is 3.10. The van der Waals surface area contributed by atoms with Gasteiger partial charge in [0, 0.05) is 16.1 Å². The zero-order valence-electron chi connectivity index (χ0n) is 9.69. The van der Waals surface area contributed by atoms with E-state index in [1.165, 1.54) is 12.1 Å². The summed E-state index contributed by atoms with van der Waals surface area (Å²) >= 11 is 4.97. The minimum atomic E-state index is -0.688. The Morgan fingerprint density at radius 3 is 2.83 bits per heavy atom. The maximum atomic E-state index is 13.2. The van der Waals surface area contributed by atoms with Crippen molar-refractivity contribution in [2.75, 3.05) is 0 Å². The van der Waals surface area contributed by atoms with Crippen molar-refractivity contribution in [3.63, 3.8) is 0 Å². The molecule has 2 aromatic rings. The van der Waals surface area contributed by atoms with Crippen molar-refractivity contribution in [3.8, 4) is 5.75 Å². The third-order valence-corrected chi connectivity index (χ3v) is 4.38. The first-order valence-corrected chi connectivity index (χ1v) is 7.07. The summed E-state index contributed by atoms with van der Waals surface area (Å²) in [5, 5.41) is 11.5. The molecule has 0 fully saturated rings. The van der Waals surface area contributed by atoms with E-state index in [2.05, 4.69) is 15.9 Å². The van der Waals surface area contributed by atoms with Gasteiger partial charge in [-0.3, -0.25) is 0 Å². The van der Waals surface area contributed by atoms with Crippen LogP contribution in [0.1, 0.15) is 23.5 Å². The molecule has 0 aliphatic carbocycles. The van der Waals surface area contributed by atoms with Crippen LogP contribution < -0.4 is 4.74 Å². The molecule has 2 nitrogen and oxygen atoms in total. The highest BCUT2D eigenvalue weighted by Crippen LogP contribution is 2.29. The van der Waals surface area contributed by atoms with Gasteiger partial charge >= 0.3 is 0 Å². The van der Waals surface area contributed by atoms with Crippen LogP contribution in [0.25, 0.3) is 0 Å². The molecule has 1 aromatic heterocycles. The molecule has 0 saturated heterocycles. The lowest BCUT2D eigenvalue weighted by Crippen LogP contribution is -2.01. The number of thiophene rings is 1. The van der Waals surface area contributed by atoms with Gasteiger partial charge in [0.2, 0.25) is 0 Å². The van der Waals surface area contributed by atoms with Crippen LogP contribution in [0.5, 0.6) is 5.75 Å². The lowest BCUT2D eigenvalue weighted by Gasteiger charge is -2.13. The summed E-state index contributed by atoms with van der Waals surface area (Å²) in [6, 6.07) is 6.09. The Kier molecular flexibility index (Phi) is 4.37. The molecule has 1 heterocycles. The molecule has 1 atom stereocenters. The highest BCUT2D eigenvalue weighted by atomic mass is 79.9. The van der Waals surface area contributed by atoms with Crippen LogP contribution in [0.2, 0.25) is 0 Å². The fourth-order valence-corrected chi connectivity index (χ4v) is 2.93. The molecule has 1 N–H and O–H groups in total. The monoisotopic (exact) mass is 330 g/mol. The van der Waals surface area contributed by atoms with Gasteiger partial charge in [0.05, 0.1) is 11.0 Å². The number of aliphatic hydroxyl groups excluding tert-OH is 1. The summed E-state index contributed by atoms with van der Waals surface area (Å²) in [7, 11) is 0. The molecule has 0 radical (unpaired) electrons. The lowest BCUT2D eigenvalue weighted by molar-refractivity contribution is 0.190. The first kappa shape index (κ1) is 13.5. The number of rotatable bonds is 4. The smallest absolute Gasteiger partial charge is 0.128 e. The van der Waals surface area contributed by atoms with Crippen molar-refractivity contribution in [2.45, 2.75) is 19.6 Å². The van der Waals surface area contributed by atoms with E-state index in [1.807, 2.05) is 11.4 Å². The molecular formula is C13H12BrFO2S. The molecule has 96 valence electrons. The Hall–Kier alpha value is -0.910. The quantitative estimate of drug-likeness (QED) is 0.906. The largest absolute Gasteiger partial charge is 0.488 e. The van der Waals surface area contributed by atoms with Crippen LogP contribution in [0.3, 0.4) is 0 Å². The molecule has 0 amide bonds. The number of hydrogen-bond donors (Lipinski definition) is 1. The molecule has 0 spiro atoms. The molecule has 2 rings (SSSR count). The second kappa shape index (κ2) is 5.82. The standard InChI is InChI=1S/C13H12BrFO2S/c1-8(16)10-3-2-9(15)6-12(10)17-7-13-11(14)4-5-18-13/h2-6,8,16H,7H2,1H3/t8-/m0/s1. The minimum Gasteiger partial charge on any atom is -0.488 e. The number of hydrogen-bond acceptors (Lipinski definition) is 3. The Labute approximate surface area is 117 Å². The second-order valence-electron chi connectivity index (χ2n) is 3.84. The van der Waals surface area contributed by atoms with Crippen LogP contribution in [0, 0.1) is 5.82 Å². The molecule has 0 bridgehead atoms. The van der Waals surface area contributed by atoms with Gasteiger partial charge in [-0.05, 0) is 46.4 Å². The van der Waals surface area contributed by atoms with E-state index in [0.717, 1.165) is 9.35 Å². The van der Waals surface area contributed by atoms with E-state index < -0.39 is 6.10 Å². The topological polar surface area (TPSA) is 29.5 Å². The first-order chi connectivity index (χ1) is 8.58. The zero-order chi connectivity index (χ0) is 13.1. The van der Waals surface area contributed by atoms with E-state index in [-0.39, 0.29) is 5.82 Å². The SMILES string of the molecule is C[C@H](O)c1ccc(F)cc1OCc1sccc1Br. The van der Waals surface area contributed by atoms with Crippen molar-refractivity contribution < 1.29 is 14.2 Å². The Morgan fingerprint density at radius 2 is 2.22 bits per heavy atom. The van der Waals surface area contributed by atoms with Gasteiger partial charge in [0.15, 0.2) is 0 Å². The molecule has 1 aromatic carbocycles. The van der Waals surface area contributed by atoms with Crippen molar-refractivity contribution in [1.82, 2.24) is 0 Å². The van der Waals surface area contributed by atoms with E-state index in [0.29, 0.717) is 17.9 Å². The molecular weight excluding hydrogens is 319 g/mol. The van der Waals surface area contributed by atoms with Gasteiger partial charge in [0.1, 0.15) is 18.2 Å². The van der Waals surface area contributed by atoms with Gasteiger partial charge in [0.25, 0.3) is 0 Å². The van der Waals surface area contributed by atoms with E-state index in [9.17, 15) is 9.50 Å². The van der Waals surface area contributed by atoms with Gasteiger partial charge < -0.3 is 9.84 Å². The van der Waals surface area contributed by atoms with Gasteiger partial charge in [-0.25, -0.2) is 4.39 Å². The van der Waals surface area contributed by atoms with E-state index >= 15 is 0 Å². The number of ether oxygens (including phenoxy) is 1. The maximum absolute atomic E-state index is 13.2. The average molecular weight is 331 g/mol. The summed E-state index contributed by atoms with van der Waals surface area (Å²) in [6.07, 6.45) is -0.688. The molecule has 5 heteroatoms. The predicted molar refractivity (Wildman–Crippen MR) is 73.4 cm³/mol. The minimum absolute atomic E-state index is 0.349. The van der Waals surface area contributed by atoms with E-state index in [4.69, 9.17) is 4.74 Å². The van der Waals surface area contributed by atoms with Crippen molar-refractivity contribution in [2.24, 2.45) is 0 Å². The number of aliphatic hydroxyl groups is 1. The lowest BCUT2D eigenvalue weighted by atomic mass is 10.1. The van der Waals surface area contributed by atoms with Crippen LogP contribution in [0.15, 0.2) is 34.1 Å². The molecule has 0 aliphatic heterocycles. The van der Waals surface area contributed by atoms with E-state index in [1.54, 1.807) is 24.3 Å². The summed E-state index contributed by atoms with van der Waals surface area (Å²) in [6.45, 7) is 1.97. The highest BCUT2D eigenvalue weighted by Gasteiger charge is 2.11. The fourth-order valence-electron chi connectivity index (χ4n) is 1.55. The molecule has 0 unspecified atom stereocenters. The Morgan fingerprint density at radius 1 is 1.44 bits per heavy atom. The van der Waals surface area contributed by atoms with Gasteiger partial charge in [-0.15, -0.1) is 11.3 Å². The Balaban J connectivity index is 2.18. The van der Waals surface area contributed by atoms with Crippen molar-refractivity contribution >= 4 is 27.3 Å². The van der Waals surface area contributed by atoms with Crippen LogP contribution in [-0.4, -0.2) is 5.11 Å². The number of benzene rings is 1. The van der Waals surface area contributed by atoms with Gasteiger partial charge in [-0.2, -0.15) is 0 Å².